The second-order valence-corrected chi connectivity index (χ2v) is 50.0. The maximum absolute atomic E-state index is 13.6. The Hall–Kier alpha value is -10.1. The highest BCUT2D eigenvalue weighted by atomic mass is 32.2. The number of nitrogens with zero attached hydrogens (tertiary/aromatic N) is 8. The molecule has 1 aliphatic carbocycles. The largest absolute Gasteiger partial charge is 0.470 e. The number of unbranched alkanes of at least 4 members (excludes halogenated alkanes) is 1. The number of hydrogen-bond donors (Lipinski definition) is 1. The molecule has 143 heavy (non-hydrogen) atoms. The third-order valence-corrected chi connectivity index (χ3v) is 41.6. The van der Waals surface area contributed by atoms with Gasteiger partial charge in [-0.25, -0.2) is 24.7 Å². The molecule has 5 amide bonds. The van der Waals surface area contributed by atoms with Crippen molar-refractivity contribution in [1.29, 1.82) is 0 Å². The van der Waals surface area contributed by atoms with E-state index < -0.39 is 17.5 Å². The molecular formula is C110H106N8O12S13. The minimum absolute atomic E-state index is 0.0109. The molecule has 0 spiro atoms. The molecule has 1 unspecified atom stereocenters. The smallest absolute Gasteiger partial charge is 0.338 e. The van der Waals surface area contributed by atoms with Crippen molar-refractivity contribution >= 4 is 229 Å². The van der Waals surface area contributed by atoms with E-state index in [0.717, 1.165) is 124 Å². The van der Waals surface area contributed by atoms with Crippen molar-refractivity contribution in [3.8, 4) is 0 Å². The number of aliphatic hydroxyl groups is 1. The first-order valence-electron chi connectivity index (χ1n) is 46.1. The summed E-state index contributed by atoms with van der Waals surface area (Å²) >= 11 is 23.8. The van der Waals surface area contributed by atoms with Gasteiger partial charge in [0.2, 0.25) is 0 Å². The zero-order chi connectivity index (χ0) is 103. The summed E-state index contributed by atoms with van der Waals surface area (Å²) in [6.07, 6.45) is 3.65. The van der Waals surface area contributed by atoms with Crippen molar-refractivity contribution in [2.75, 3.05) is 43.9 Å². The lowest BCUT2D eigenvalue weighted by Gasteiger charge is -2.34. The van der Waals surface area contributed by atoms with Crippen LogP contribution < -0.4 is 10.0 Å². The summed E-state index contributed by atoms with van der Waals surface area (Å²) in [5.74, 6) is -2.02. The van der Waals surface area contributed by atoms with Crippen LogP contribution in [0.25, 0.3) is 9.69 Å². The van der Waals surface area contributed by atoms with E-state index in [1.54, 1.807) is 99.3 Å². The number of aryl methyl sites for hydroxylation is 12. The van der Waals surface area contributed by atoms with Crippen LogP contribution in [0.3, 0.4) is 0 Å². The van der Waals surface area contributed by atoms with Crippen LogP contribution in [0.1, 0.15) is 162 Å². The van der Waals surface area contributed by atoms with Gasteiger partial charge >= 0.3 is 11.9 Å². The lowest BCUT2D eigenvalue weighted by molar-refractivity contribution is -0.140. The number of ketones is 2. The Bertz CT molecular complexity index is 6870. The van der Waals surface area contributed by atoms with Crippen LogP contribution >= 0.6 is 153 Å². The number of anilines is 2. The number of fused-ring (bicyclic) bond motifs is 7. The molecule has 9 aromatic rings. The first kappa shape index (κ1) is 109. The van der Waals surface area contributed by atoms with Gasteiger partial charge in [0, 0.05) is 96.9 Å². The summed E-state index contributed by atoms with van der Waals surface area (Å²) in [6.45, 7) is 53.9. The van der Waals surface area contributed by atoms with E-state index in [1.807, 2.05) is 107 Å². The fourth-order valence-corrected chi connectivity index (χ4v) is 32.7. The van der Waals surface area contributed by atoms with Crippen LogP contribution in [0.15, 0.2) is 281 Å². The molecule has 20 nitrogen and oxygen atoms in total. The lowest BCUT2D eigenvalue weighted by atomic mass is 10.0. The molecule has 736 valence electrons. The van der Waals surface area contributed by atoms with Gasteiger partial charge in [-0.3, -0.25) is 53.0 Å². The number of thioether (sulfide) groups is 12. The Kier molecular flexibility index (Phi) is 35.5. The Balaban J connectivity index is 0.000000137. The number of Topliss-reactive ketones (excluding diaryl/α,β-unsaturated/α-hetero) is 2. The molecule has 2 fully saturated rings. The number of allylic oxidation sites excluding steroid dienone is 1. The monoisotopic (exact) mass is 2150 g/mol. The number of carbonyl (C=O) groups is 9. The second-order valence-electron chi connectivity index (χ2n) is 35.8. The van der Waals surface area contributed by atoms with Crippen LogP contribution in [0.2, 0.25) is 0 Å². The quantitative estimate of drug-likeness (QED) is 0.0351. The number of benzene rings is 9. The SMILES string of the molecule is CCN1C(=O)C(=C2Sc3c(C)ccc(C)c3S2)C(=O)N(C)C1=S.Cc1ccc(C)c2c1SC(=C1C(=O)N(C)N=C1C(C)C)S2.Cc1ccc(C)c2c1SC(=C1C(=O)N(c3ccccc3)N(c3ccccc3)C1=O)S2.Cc1ccc(C)c2c1SC(=C1C(=O)c3ccccc3C1=O)S2.[C-]#[N+]C(C(=O)OCC(C)CCCC)=C1Sc2c(C)ccc(C)c2S1.[C-]#[N+]C(C(=O)OCCC(C)(C)O)=C1Sc2c(C)ccc(C)c2S1. The standard InChI is InChI=1S/C24H18N2O2S2.C19H23NO2S2.C18H12O2S2.C17H19NO3S2.C16H16N2O2S3.C16H18N2OS2/c1-15-13-14-16(2)21-20(15)29-24(30-21)19-22(27)25(17-9-5-3-6-10-17)26(23(19)28)18-11-7-4-8-12-18;1-6-7-8-12(2)11-22-18(21)15(20-5)19-23-16-13(3)9-10-14(4)17(16)24-19;1-9-7-8-10(2)17-16(9)21-18(22-17)13-14(19)11-5-3-4-6-12(11)15(13)20;1-10-6-7-11(2)14-13(10)22-16(23-14)12(18-5)15(19)21-9-8-17(3,4)20;1-5-18-14(20)10(13(19)17(4)16(18)21)15-22-11-8(2)6-7-9(3)12(11)23-15;1-8(2)12-11(15(19)18(5)17-12)16-20-13-9(3)6-7-10(4)14(13)21-16/h3-14H,1-2H3;9-10,12H,6-8,11H2,1-4H3;3-8H,1-2H3;6-7,20H,8-9H2,1-4H3;6-7H,5H2,1-4H3;6-8H,1-5H3. The molecule has 9 heterocycles. The first-order chi connectivity index (χ1) is 68.1. The molecule has 19 rings (SSSR count). The molecule has 1 atom stereocenters. The maximum Gasteiger partial charge on any atom is 0.338 e. The van der Waals surface area contributed by atoms with Gasteiger partial charge in [-0.05, 0) is 225 Å². The Morgan fingerprint density at radius 1 is 0.413 bits per heavy atom. The maximum atomic E-state index is 13.6. The number of hydrogen-bond acceptors (Lipinski definition) is 26. The number of esters is 2. The molecule has 9 aromatic carbocycles. The fourth-order valence-electron chi connectivity index (χ4n) is 15.7. The van der Waals surface area contributed by atoms with Crippen molar-refractivity contribution in [2.24, 2.45) is 16.9 Å². The van der Waals surface area contributed by atoms with Gasteiger partial charge in [0.05, 0.1) is 85.6 Å². The van der Waals surface area contributed by atoms with Crippen LogP contribution in [-0.4, -0.2) is 123 Å². The van der Waals surface area contributed by atoms with E-state index in [2.05, 4.69) is 159 Å². The van der Waals surface area contributed by atoms with Gasteiger partial charge < -0.3 is 14.6 Å². The van der Waals surface area contributed by atoms with Gasteiger partial charge in [0.1, 0.15) is 11.1 Å². The number of likely N-dealkylation sites (N-methyl/N-ethyl adjacent to an activating group) is 3. The number of amides is 5. The highest BCUT2D eigenvalue weighted by Gasteiger charge is 2.48. The second kappa shape index (κ2) is 46.8. The van der Waals surface area contributed by atoms with Crippen molar-refractivity contribution in [3.63, 3.8) is 0 Å². The number of rotatable bonds is 14. The molecule has 0 saturated carbocycles. The summed E-state index contributed by atoms with van der Waals surface area (Å²) in [6, 6.07) is 50.7. The van der Waals surface area contributed by atoms with Gasteiger partial charge in [-0.2, -0.15) is 5.10 Å². The number of para-hydroxylation sites is 2. The van der Waals surface area contributed by atoms with Crippen molar-refractivity contribution in [2.45, 2.75) is 222 Å². The molecule has 0 radical (unpaired) electrons. The number of thiocarbonyl (C=S) groups is 1. The summed E-state index contributed by atoms with van der Waals surface area (Å²) in [5, 5.41) is 18.7. The van der Waals surface area contributed by atoms with Crippen LogP contribution in [0.5, 0.6) is 0 Å². The Labute approximate surface area is 892 Å². The van der Waals surface area contributed by atoms with Gasteiger partial charge in [0.25, 0.3) is 40.9 Å². The summed E-state index contributed by atoms with van der Waals surface area (Å²) in [5.41, 5.74) is 18.3. The van der Waals surface area contributed by atoms with E-state index >= 15 is 0 Å². The van der Waals surface area contributed by atoms with Gasteiger partial charge in [-0.1, -0.05) is 315 Å². The molecule has 0 aromatic heterocycles. The fraction of sp³-hybridized carbons (Fsp3) is 0.282. The van der Waals surface area contributed by atoms with E-state index in [9.17, 15) is 48.3 Å². The van der Waals surface area contributed by atoms with E-state index in [4.69, 9.17) is 34.8 Å². The Morgan fingerprint density at radius 2 is 0.713 bits per heavy atom. The summed E-state index contributed by atoms with van der Waals surface area (Å²) in [7, 11) is 3.35. The molecule has 1 N–H and O–H groups in total. The zero-order valence-electron chi connectivity index (χ0n) is 82.9. The van der Waals surface area contributed by atoms with Crippen molar-refractivity contribution in [3.05, 3.63) is 318 Å². The number of hydrazine groups is 1. The molecular weight excluding hydrogens is 2040 g/mol. The van der Waals surface area contributed by atoms with Crippen LogP contribution in [0, 0.1) is 108 Å². The summed E-state index contributed by atoms with van der Waals surface area (Å²) < 4.78 is 15.3. The zero-order valence-corrected chi connectivity index (χ0v) is 93.6. The molecule has 10 aliphatic rings. The van der Waals surface area contributed by atoms with Crippen LogP contribution in [-0.2, 0) is 43.0 Å². The number of hydrazone groups is 1. The molecule has 9 aliphatic heterocycles. The van der Waals surface area contributed by atoms with E-state index in [-0.39, 0.29) is 81.3 Å². The first-order valence-corrected chi connectivity index (χ1v) is 56.3. The normalized spacial score (nSPS) is 15.9. The minimum Gasteiger partial charge on any atom is -0.470 e. The van der Waals surface area contributed by atoms with Crippen molar-refractivity contribution in [1.82, 2.24) is 14.8 Å². The molecule has 0 bridgehead atoms. The lowest BCUT2D eigenvalue weighted by Crippen LogP contribution is -2.54. The number of carbonyl (C=O) groups excluding carboxylic acids is 9. The van der Waals surface area contributed by atoms with Gasteiger partial charge in [0.15, 0.2) is 16.7 Å². The third kappa shape index (κ3) is 23.3. The number of ether oxygens (including phenoxy) is 2. The minimum atomic E-state index is -0.896. The Morgan fingerprint density at radius 3 is 1.02 bits per heavy atom. The van der Waals surface area contributed by atoms with Crippen molar-refractivity contribution < 1.29 is 57.7 Å². The average molecular weight is 2150 g/mol. The topological polar surface area (TPSA) is 230 Å². The highest BCUT2D eigenvalue weighted by Crippen LogP contribution is 2.62. The van der Waals surface area contributed by atoms with Crippen LogP contribution in [0.4, 0.5) is 11.4 Å². The predicted octanol–water partition coefficient (Wildman–Crippen LogP) is 28.3. The van der Waals surface area contributed by atoms with E-state index in [1.165, 1.54) is 172 Å². The molecule has 33 heteroatoms. The average Bonchev–Trinajstić information content (AvgIpc) is 1.60. The third-order valence-electron chi connectivity index (χ3n) is 23.9. The molecule has 2 saturated heterocycles. The van der Waals surface area contributed by atoms with Gasteiger partial charge in [-0.15, -0.1) is 0 Å². The van der Waals surface area contributed by atoms with E-state index in [0.29, 0.717) is 57.8 Å². The predicted molar refractivity (Wildman–Crippen MR) is 593 cm³/mol. The highest BCUT2D eigenvalue weighted by molar-refractivity contribution is 8.27. The summed E-state index contributed by atoms with van der Waals surface area (Å²) in [4.78, 5) is 138.